The van der Waals surface area contributed by atoms with E-state index in [0.29, 0.717) is 41.3 Å². The number of fused-ring (bicyclic) bond motifs is 4. The Morgan fingerprint density at radius 3 is 2.20 bits per heavy atom. The SMILES string of the molecule is CCCOc1cccc(-n2cc(C(=O)N(CC)c3cc(F)cc(F)c3)c(=O)c3ccc(OCCCCCCC[N+]45CCN(CC4)CC5)cc32)c1.[Br-]. The van der Waals surface area contributed by atoms with Crippen molar-refractivity contribution in [3.05, 3.63) is 94.3 Å². The first-order valence-electron chi connectivity index (χ1n) is 18.2. The summed E-state index contributed by atoms with van der Waals surface area (Å²) < 4.78 is 43.4. The molecule has 8 nitrogen and oxygen atoms in total. The van der Waals surface area contributed by atoms with Gasteiger partial charge in [0.25, 0.3) is 5.91 Å². The van der Waals surface area contributed by atoms with E-state index in [2.05, 4.69) is 4.90 Å². The maximum atomic E-state index is 14.1. The van der Waals surface area contributed by atoms with E-state index in [4.69, 9.17) is 9.47 Å². The standard InChI is InChI=1S/C40H49F2N4O4.BrH/c1-3-22-49-34-12-10-11-32(27-34)45-29-37(40(48)44(4-2)33-25-30(41)24-31(42)26-33)39(47)36-14-13-35(28-38(36)45)50-23-9-7-5-6-8-18-46-19-15-43(16-20-46)17-21-46;/h10-14,24-29H,3-9,15-23H2,1-2H3;1H/q+1;/p-1. The molecule has 0 aliphatic carbocycles. The van der Waals surface area contributed by atoms with Gasteiger partial charge in [0.2, 0.25) is 5.43 Å². The third-order valence-corrected chi connectivity index (χ3v) is 10.2. The topological polar surface area (TPSA) is 64.0 Å². The number of nitrogens with zero attached hydrogens (tertiary/aromatic N) is 4. The summed E-state index contributed by atoms with van der Waals surface area (Å²) in [6.07, 6.45) is 8.12. The van der Waals surface area contributed by atoms with Crippen LogP contribution in [-0.4, -0.2) is 85.4 Å². The van der Waals surface area contributed by atoms with Gasteiger partial charge in [-0.1, -0.05) is 25.8 Å². The molecule has 3 aliphatic heterocycles. The molecule has 0 N–H and O–H groups in total. The first-order chi connectivity index (χ1) is 24.3. The Hall–Kier alpha value is -3.80. The number of ether oxygens (including phenoxy) is 2. The number of halogens is 3. The van der Waals surface area contributed by atoms with Crippen LogP contribution in [0.1, 0.15) is 62.7 Å². The molecule has 274 valence electrons. The Morgan fingerprint density at radius 2 is 1.49 bits per heavy atom. The first-order valence-corrected chi connectivity index (χ1v) is 18.2. The summed E-state index contributed by atoms with van der Waals surface area (Å²) in [6.45, 7) is 14.0. The maximum Gasteiger partial charge on any atom is 0.263 e. The monoisotopic (exact) mass is 766 g/mol. The number of hydrogen-bond donors (Lipinski definition) is 0. The predicted octanol–water partition coefficient (Wildman–Crippen LogP) is 4.20. The molecule has 0 radical (unpaired) electrons. The minimum atomic E-state index is -0.808. The molecule has 2 bridgehead atoms. The van der Waals surface area contributed by atoms with Gasteiger partial charge in [-0.2, -0.15) is 0 Å². The van der Waals surface area contributed by atoms with Crippen LogP contribution < -0.4 is 36.8 Å². The summed E-state index contributed by atoms with van der Waals surface area (Å²) >= 11 is 0. The minimum Gasteiger partial charge on any atom is -1.00 e. The van der Waals surface area contributed by atoms with Crippen molar-refractivity contribution in [2.45, 2.75) is 52.4 Å². The molecule has 3 aromatic carbocycles. The zero-order valence-corrected chi connectivity index (χ0v) is 31.3. The van der Waals surface area contributed by atoms with Crippen molar-refractivity contribution in [3.63, 3.8) is 0 Å². The second kappa shape index (κ2) is 17.6. The van der Waals surface area contributed by atoms with Crippen LogP contribution in [0.25, 0.3) is 16.6 Å². The number of quaternary nitrogens is 1. The molecule has 4 aromatic rings. The molecule has 11 heteroatoms. The highest BCUT2D eigenvalue weighted by Gasteiger charge is 2.37. The lowest BCUT2D eigenvalue weighted by molar-refractivity contribution is -0.941. The quantitative estimate of drug-likeness (QED) is 0.127. The Labute approximate surface area is 309 Å². The Bertz CT molecular complexity index is 1830. The van der Waals surface area contributed by atoms with Crippen LogP contribution in [0.3, 0.4) is 0 Å². The average molecular weight is 768 g/mol. The van der Waals surface area contributed by atoms with E-state index in [1.165, 1.54) is 80.7 Å². The number of unbranched alkanes of at least 4 members (excludes halogenated alkanes) is 4. The molecular formula is C40H49BrF2N4O4. The summed E-state index contributed by atoms with van der Waals surface area (Å²) in [7, 11) is 0. The van der Waals surface area contributed by atoms with E-state index in [9.17, 15) is 18.4 Å². The van der Waals surface area contributed by atoms with Crippen molar-refractivity contribution in [2.75, 3.05) is 70.5 Å². The molecule has 3 saturated heterocycles. The van der Waals surface area contributed by atoms with Crippen molar-refractivity contribution < 1.29 is 44.5 Å². The fourth-order valence-electron chi connectivity index (χ4n) is 7.32. The fourth-order valence-corrected chi connectivity index (χ4v) is 7.32. The summed E-state index contributed by atoms with van der Waals surface area (Å²) in [5.74, 6) is -0.979. The van der Waals surface area contributed by atoms with E-state index in [0.717, 1.165) is 37.5 Å². The van der Waals surface area contributed by atoms with E-state index in [1.54, 1.807) is 23.6 Å². The van der Waals surface area contributed by atoms with Gasteiger partial charge in [-0.25, -0.2) is 8.78 Å². The maximum absolute atomic E-state index is 14.1. The normalized spacial score (nSPS) is 18.0. The largest absolute Gasteiger partial charge is 1.00 e. The number of amides is 1. The molecule has 0 spiro atoms. The Morgan fingerprint density at radius 1 is 0.824 bits per heavy atom. The summed E-state index contributed by atoms with van der Waals surface area (Å²) in [5, 5.41) is 0.325. The number of anilines is 1. The zero-order valence-electron chi connectivity index (χ0n) is 29.7. The number of piperazine rings is 3. The highest BCUT2D eigenvalue weighted by Crippen LogP contribution is 2.27. The smallest absolute Gasteiger partial charge is 0.263 e. The molecule has 0 unspecified atom stereocenters. The molecule has 3 fully saturated rings. The molecule has 1 aromatic heterocycles. The fraction of sp³-hybridized carbons (Fsp3) is 0.450. The number of aromatic nitrogens is 1. The van der Waals surface area contributed by atoms with Crippen LogP contribution in [0, 0.1) is 11.6 Å². The van der Waals surface area contributed by atoms with Crippen molar-refractivity contribution >= 4 is 22.5 Å². The molecule has 7 rings (SSSR count). The summed E-state index contributed by atoms with van der Waals surface area (Å²) in [4.78, 5) is 31.6. The van der Waals surface area contributed by atoms with Gasteiger partial charge in [-0.05, 0) is 69.0 Å². The van der Waals surface area contributed by atoms with Crippen molar-refractivity contribution in [1.82, 2.24) is 9.47 Å². The molecule has 0 atom stereocenters. The molecule has 3 aliphatic rings. The number of carbonyl (C=O) groups is 1. The highest BCUT2D eigenvalue weighted by molar-refractivity contribution is 6.07. The van der Waals surface area contributed by atoms with E-state index < -0.39 is 23.0 Å². The molecular weight excluding hydrogens is 718 g/mol. The number of hydrogen-bond acceptors (Lipinski definition) is 5. The van der Waals surface area contributed by atoms with Gasteiger partial charge in [0.05, 0.1) is 44.9 Å². The number of benzene rings is 3. The summed E-state index contributed by atoms with van der Waals surface area (Å²) in [5.41, 5.74) is 0.700. The van der Waals surface area contributed by atoms with Crippen LogP contribution in [0.2, 0.25) is 0 Å². The predicted molar refractivity (Wildman–Crippen MR) is 194 cm³/mol. The van der Waals surface area contributed by atoms with E-state index in [1.807, 2.05) is 37.3 Å². The zero-order chi connectivity index (χ0) is 35.1. The second-order valence-corrected chi connectivity index (χ2v) is 13.6. The van der Waals surface area contributed by atoms with Gasteiger partial charge < -0.3 is 40.4 Å². The van der Waals surface area contributed by atoms with Crippen molar-refractivity contribution in [1.29, 1.82) is 0 Å². The molecule has 1 amide bonds. The van der Waals surface area contributed by atoms with Crippen LogP contribution in [-0.2, 0) is 0 Å². The van der Waals surface area contributed by atoms with Crippen LogP contribution in [0.4, 0.5) is 14.5 Å². The van der Waals surface area contributed by atoms with Gasteiger partial charge in [0.15, 0.2) is 0 Å². The summed E-state index contributed by atoms with van der Waals surface area (Å²) in [6, 6.07) is 15.6. The van der Waals surface area contributed by atoms with Crippen LogP contribution in [0.5, 0.6) is 11.5 Å². The Kier molecular flexibility index (Phi) is 13.3. The molecule has 51 heavy (non-hydrogen) atoms. The molecule has 0 saturated carbocycles. The van der Waals surface area contributed by atoms with Crippen molar-refractivity contribution in [2.24, 2.45) is 0 Å². The van der Waals surface area contributed by atoms with Gasteiger partial charge in [-0.15, -0.1) is 0 Å². The first kappa shape index (κ1) is 38.4. The number of pyridine rings is 1. The van der Waals surface area contributed by atoms with Crippen LogP contribution >= 0.6 is 0 Å². The van der Waals surface area contributed by atoms with Gasteiger partial charge in [0, 0.05) is 67.3 Å². The molecule has 4 heterocycles. The van der Waals surface area contributed by atoms with Gasteiger partial charge in [0.1, 0.15) is 28.7 Å². The third-order valence-electron chi connectivity index (χ3n) is 10.2. The van der Waals surface area contributed by atoms with E-state index in [-0.39, 0.29) is 34.8 Å². The van der Waals surface area contributed by atoms with Crippen molar-refractivity contribution in [3.8, 4) is 17.2 Å². The number of rotatable bonds is 16. The minimum absolute atomic E-state index is 0. The second-order valence-electron chi connectivity index (χ2n) is 13.6. The lowest BCUT2D eigenvalue weighted by atomic mass is 10.1. The third kappa shape index (κ3) is 9.17. The lowest BCUT2D eigenvalue weighted by Crippen LogP contribution is -3.00. The lowest BCUT2D eigenvalue weighted by Gasteiger charge is -2.50. The highest BCUT2D eigenvalue weighted by atomic mass is 79.9. The van der Waals surface area contributed by atoms with Crippen LogP contribution in [0.15, 0.2) is 71.7 Å². The Balaban J connectivity index is 0.00000504. The number of carbonyl (C=O) groups excluding carboxylic acids is 1. The average Bonchev–Trinajstić information content (AvgIpc) is 3.12. The van der Waals surface area contributed by atoms with Gasteiger partial charge >= 0.3 is 0 Å². The van der Waals surface area contributed by atoms with E-state index >= 15 is 0 Å². The van der Waals surface area contributed by atoms with Gasteiger partial charge in [-0.3, -0.25) is 14.5 Å².